The number of carbonyl (C=O) groups excluding carboxylic acids is 2. The minimum atomic E-state index is -0.372. The summed E-state index contributed by atoms with van der Waals surface area (Å²) in [5, 5.41) is 5.87. The largest absolute Gasteiger partial charge is 0.353 e. The van der Waals surface area contributed by atoms with E-state index in [2.05, 4.69) is 17.6 Å². The maximum Gasteiger partial charge on any atom is 0.228 e. The highest BCUT2D eigenvalue weighted by atomic mass is 16.2. The normalized spacial score (nSPS) is 18.6. The topological polar surface area (TPSA) is 58.2 Å². The zero-order chi connectivity index (χ0) is 15.2. The van der Waals surface area contributed by atoms with Crippen molar-refractivity contribution in [3.63, 3.8) is 0 Å². The molecule has 0 fully saturated rings. The third-order valence-electron chi connectivity index (χ3n) is 3.95. The predicted molar refractivity (Wildman–Crippen MR) is 84.2 cm³/mol. The zero-order valence-electron chi connectivity index (χ0n) is 12.8. The molecular formula is C17H24N2O2. The number of nitrogens with one attached hydrogen (secondary N) is 2. The molecule has 0 bridgehead atoms. The molecule has 1 aromatic carbocycles. The molecule has 1 heterocycles. The molecule has 2 amide bonds. The van der Waals surface area contributed by atoms with Crippen LogP contribution in [-0.4, -0.2) is 17.9 Å². The Morgan fingerprint density at radius 3 is 2.90 bits per heavy atom. The van der Waals surface area contributed by atoms with E-state index in [9.17, 15) is 9.59 Å². The van der Waals surface area contributed by atoms with Gasteiger partial charge in [0.2, 0.25) is 11.8 Å². The second kappa shape index (κ2) is 7.25. The number of hydrogen-bond acceptors (Lipinski definition) is 2. The van der Waals surface area contributed by atoms with E-state index in [-0.39, 0.29) is 30.2 Å². The molecule has 2 N–H and O–H groups in total. The maximum atomic E-state index is 12.5. The van der Waals surface area contributed by atoms with Gasteiger partial charge in [0, 0.05) is 18.2 Å². The fourth-order valence-electron chi connectivity index (χ4n) is 2.76. The molecule has 21 heavy (non-hydrogen) atoms. The third-order valence-corrected chi connectivity index (χ3v) is 3.95. The van der Waals surface area contributed by atoms with E-state index >= 15 is 0 Å². The predicted octanol–water partition coefficient (Wildman–Crippen LogP) is 3.20. The lowest BCUT2D eigenvalue weighted by Gasteiger charge is -2.26. The van der Waals surface area contributed by atoms with Crippen LogP contribution in [0, 0.1) is 0 Å². The van der Waals surface area contributed by atoms with Crippen LogP contribution in [0.3, 0.4) is 0 Å². The Balaban J connectivity index is 2.01. The van der Waals surface area contributed by atoms with Crippen molar-refractivity contribution in [2.75, 3.05) is 5.32 Å². The lowest BCUT2D eigenvalue weighted by molar-refractivity contribution is -0.126. The lowest BCUT2D eigenvalue weighted by Crippen LogP contribution is -2.39. The van der Waals surface area contributed by atoms with E-state index in [4.69, 9.17) is 0 Å². The van der Waals surface area contributed by atoms with Crippen LogP contribution in [0.4, 0.5) is 5.69 Å². The van der Waals surface area contributed by atoms with Crippen molar-refractivity contribution >= 4 is 17.5 Å². The summed E-state index contributed by atoms with van der Waals surface area (Å²) in [7, 11) is 0. The van der Waals surface area contributed by atoms with Crippen molar-refractivity contribution < 1.29 is 9.59 Å². The number of para-hydroxylation sites is 1. The molecule has 0 aromatic heterocycles. The second-order valence-electron chi connectivity index (χ2n) is 5.80. The molecule has 0 aliphatic carbocycles. The maximum absolute atomic E-state index is 12.5. The van der Waals surface area contributed by atoms with Crippen molar-refractivity contribution in [3.8, 4) is 0 Å². The fraction of sp³-hybridized carbons (Fsp3) is 0.529. The molecule has 1 aromatic rings. The van der Waals surface area contributed by atoms with Gasteiger partial charge in [-0.25, -0.2) is 0 Å². The van der Waals surface area contributed by atoms with E-state index in [0.717, 1.165) is 24.1 Å². The quantitative estimate of drug-likeness (QED) is 0.790. The highest BCUT2D eigenvalue weighted by Crippen LogP contribution is 2.32. The fourth-order valence-corrected chi connectivity index (χ4v) is 2.76. The van der Waals surface area contributed by atoms with Crippen LogP contribution >= 0.6 is 0 Å². The van der Waals surface area contributed by atoms with Gasteiger partial charge in [-0.05, 0) is 25.0 Å². The molecule has 114 valence electrons. The van der Waals surface area contributed by atoms with Gasteiger partial charge in [0.1, 0.15) is 0 Å². The van der Waals surface area contributed by atoms with Crippen LogP contribution in [0.15, 0.2) is 24.3 Å². The van der Waals surface area contributed by atoms with Crippen LogP contribution < -0.4 is 10.6 Å². The number of benzene rings is 1. The van der Waals surface area contributed by atoms with Crippen molar-refractivity contribution in [2.24, 2.45) is 0 Å². The summed E-state index contributed by atoms with van der Waals surface area (Å²) in [6, 6.07) is 7.69. The standard InChI is InChI=1S/C17H24N2O2/c1-3-4-5-8-12(2)18-17(21)14-11-16(20)19-15-10-7-6-9-13(14)15/h6-7,9-10,12,14H,3-5,8,11H2,1-2H3,(H,18,21)(H,19,20). The lowest BCUT2D eigenvalue weighted by atomic mass is 9.89. The summed E-state index contributed by atoms with van der Waals surface area (Å²) < 4.78 is 0. The van der Waals surface area contributed by atoms with Gasteiger partial charge in [-0.15, -0.1) is 0 Å². The highest BCUT2D eigenvalue weighted by Gasteiger charge is 2.30. The van der Waals surface area contributed by atoms with Gasteiger partial charge in [-0.1, -0.05) is 44.4 Å². The van der Waals surface area contributed by atoms with E-state index in [1.807, 2.05) is 31.2 Å². The van der Waals surface area contributed by atoms with Crippen molar-refractivity contribution in [2.45, 2.75) is 57.9 Å². The minimum absolute atomic E-state index is 0.0405. The van der Waals surface area contributed by atoms with Gasteiger partial charge >= 0.3 is 0 Å². The first-order valence-corrected chi connectivity index (χ1v) is 7.81. The monoisotopic (exact) mass is 288 g/mol. The van der Waals surface area contributed by atoms with E-state index in [1.54, 1.807) is 0 Å². The summed E-state index contributed by atoms with van der Waals surface area (Å²) in [6.45, 7) is 4.20. The second-order valence-corrected chi connectivity index (χ2v) is 5.80. The SMILES string of the molecule is CCCCCC(C)NC(=O)C1CC(=O)Nc2ccccc21. The van der Waals surface area contributed by atoms with E-state index in [1.165, 1.54) is 12.8 Å². The Kier molecular flexibility index (Phi) is 5.37. The molecule has 0 saturated carbocycles. The number of rotatable bonds is 6. The Hall–Kier alpha value is -1.84. The van der Waals surface area contributed by atoms with Gasteiger partial charge in [0.05, 0.1) is 5.92 Å². The number of carbonyl (C=O) groups is 2. The molecule has 2 rings (SSSR count). The van der Waals surface area contributed by atoms with Gasteiger partial charge in [0.25, 0.3) is 0 Å². The summed E-state index contributed by atoms with van der Waals surface area (Å²) in [5.41, 5.74) is 1.67. The molecule has 4 heteroatoms. The first-order valence-electron chi connectivity index (χ1n) is 7.81. The Morgan fingerprint density at radius 2 is 2.14 bits per heavy atom. The summed E-state index contributed by atoms with van der Waals surface area (Å²) >= 11 is 0. The number of anilines is 1. The van der Waals surface area contributed by atoms with Crippen LogP contribution in [0.2, 0.25) is 0 Å². The zero-order valence-corrected chi connectivity index (χ0v) is 12.8. The van der Waals surface area contributed by atoms with Crippen LogP contribution in [0.5, 0.6) is 0 Å². The molecule has 1 aliphatic heterocycles. The van der Waals surface area contributed by atoms with Crippen LogP contribution in [0.25, 0.3) is 0 Å². The van der Waals surface area contributed by atoms with Crippen molar-refractivity contribution in [3.05, 3.63) is 29.8 Å². The number of amides is 2. The average Bonchev–Trinajstić information content (AvgIpc) is 2.46. The molecule has 4 nitrogen and oxygen atoms in total. The van der Waals surface area contributed by atoms with Gasteiger partial charge in [-0.3, -0.25) is 9.59 Å². The molecule has 1 aliphatic rings. The molecule has 2 unspecified atom stereocenters. The van der Waals surface area contributed by atoms with Gasteiger partial charge < -0.3 is 10.6 Å². The molecule has 2 atom stereocenters. The Labute approximate surface area is 126 Å². The van der Waals surface area contributed by atoms with E-state index in [0.29, 0.717) is 0 Å². The first kappa shape index (κ1) is 15.5. The van der Waals surface area contributed by atoms with Crippen molar-refractivity contribution in [1.29, 1.82) is 0 Å². The molecule has 0 spiro atoms. The smallest absolute Gasteiger partial charge is 0.228 e. The molecular weight excluding hydrogens is 264 g/mol. The molecule has 0 radical (unpaired) electrons. The third kappa shape index (κ3) is 4.06. The van der Waals surface area contributed by atoms with Gasteiger partial charge in [0.15, 0.2) is 0 Å². The highest BCUT2D eigenvalue weighted by molar-refractivity contribution is 6.01. The van der Waals surface area contributed by atoms with Crippen LogP contribution in [0.1, 0.15) is 57.4 Å². The summed E-state index contributed by atoms with van der Waals surface area (Å²) in [4.78, 5) is 24.2. The van der Waals surface area contributed by atoms with Crippen LogP contribution in [-0.2, 0) is 9.59 Å². The Morgan fingerprint density at radius 1 is 1.38 bits per heavy atom. The summed E-state index contributed by atoms with van der Waals surface area (Å²) in [6.07, 6.45) is 4.70. The number of unbranched alkanes of at least 4 members (excludes halogenated alkanes) is 2. The average molecular weight is 288 g/mol. The summed E-state index contributed by atoms with van der Waals surface area (Å²) in [5.74, 6) is -0.502. The van der Waals surface area contributed by atoms with E-state index < -0.39 is 0 Å². The molecule has 0 saturated heterocycles. The number of hydrogen-bond donors (Lipinski definition) is 2. The Bertz CT molecular complexity index is 513. The van der Waals surface area contributed by atoms with Gasteiger partial charge in [-0.2, -0.15) is 0 Å². The minimum Gasteiger partial charge on any atom is -0.353 e. The van der Waals surface area contributed by atoms with Crippen molar-refractivity contribution in [1.82, 2.24) is 5.32 Å². The first-order chi connectivity index (χ1) is 10.1. The number of fused-ring (bicyclic) bond motifs is 1.